The first kappa shape index (κ1) is 37.5. The van der Waals surface area contributed by atoms with Crippen LogP contribution >= 0.6 is 0 Å². The van der Waals surface area contributed by atoms with Crippen LogP contribution in [0.15, 0.2) is 46.5 Å². The number of anilines is 3. The number of hydrogen-bond acceptors (Lipinski definition) is 15. The van der Waals surface area contributed by atoms with E-state index in [1.54, 1.807) is 19.1 Å². The highest BCUT2D eigenvalue weighted by Crippen LogP contribution is 2.40. The summed E-state index contributed by atoms with van der Waals surface area (Å²) in [6.45, 7) is 9.47. The molecule has 18 heteroatoms. The molecule has 2 heterocycles. The molecule has 0 unspecified atom stereocenters. The molecule has 0 radical (unpaired) electrons. The second-order valence-electron chi connectivity index (χ2n) is 11.1. The molecule has 0 aliphatic heterocycles. The highest BCUT2D eigenvalue weighted by molar-refractivity contribution is 7.90. The van der Waals surface area contributed by atoms with Crippen molar-refractivity contribution in [2.45, 2.75) is 56.2 Å². The van der Waals surface area contributed by atoms with Gasteiger partial charge in [-0.3, -0.25) is 0 Å². The predicted octanol–water partition coefficient (Wildman–Crippen LogP) is 3.91. The lowest BCUT2D eigenvalue weighted by atomic mass is 10.0. The number of sulfonamides is 1. The zero-order chi connectivity index (χ0) is 36.1. The Bertz CT molecular complexity index is 1880. The van der Waals surface area contributed by atoms with Gasteiger partial charge in [0.2, 0.25) is 16.0 Å². The summed E-state index contributed by atoms with van der Waals surface area (Å²) in [5.74, 6) is 2.31. The average molecular weight is 705 g/mol. The number of nitrogen functional groups attached to an aromatic ring is 3. The van der Waals surface area contributed by atoms with Gasteiger partial charge in [-0.1, -0.05) is 27.7 Å². The van der Waals surface area contributed by atoms with Crippen molar-refractivity contribution in [2.75, 3.05) is 37.7 Å². The molecule has 2 aromatic heterocycles. The molecule has 48 heavy (non-hydrogen) atoms. The molecule has 0 amide bonds. The van der Waals surface area contributed by atoms with Gasteiger partial charge in [-0.05, 0) is 30.9 Å². The summed E-state index contributed by atoms with van der Waals surface area (Å²) >= 11 is 0. The fraction of sp³-hybridized carbons (Fsp3) is 0.333. The van der Waals surface area contributed by atoms with E-state index in [9.17, 15) is 16.8 Å². The zero-order valence-electron chi connectivity index (χ0n) is 27.8. The van der Waals surface area contributed by atoms with E-state index >= 15 is 0 Å². The van der Waals surface area contributed by atoms with Crippen LogP contribution in [-0.2, 0) is 19.9 Å². The highest BCUT2D eigenvalue weighted by Gasteiger charge is 2.23. The van der Waals surface area contributed by atoms with Gasteiger partial charge in [-0.25, -0.2) is 36.9 Å². The minimum atomic E-state index is -3.99. The van der Waals surface area contributed by atoms with Gasteiger partial charge in [0, 0.05) is 29.5 Å². The molecule has 0 atom stereocenters. The van der Waals surface area contributed by atoms with Crippen molar-refractivity contribution in [2.24, 2.45) is 5.14 Å². The highest BCUT2D eigenvalue weighted by atomic mass is 32.2. The number of nitrogens with two attached hydrogens (primary N) is 4. The van der Waals surface area contributed by atoms with E-state index in [1.165, 1.54) is 38.7 Å². The largest absolute Gasteiger partial charge is 0.495 e. The van der Waals surface area contributed by atoms with Crippen LogP contribution in [0.1, 0.15) is 56.5 Å². The molecular formula is C30H40N8O8S2. The van der Waals surface area contributed by atoms with Crippen molar-refractivity contribution in [3.63, 3.8) is 0 Å². The third-order valence-corrected chi connectivity index (χ3v) is 8.74. The Hall–Kier alpha value is -4.94. The minimum Gasteiger partial charge on any atom is -0.495 e. The van der Waals surface area contributed by atoms with E-state index < -0.39 is 19.9 Å². The quantitative estimate of drug-likeness (QED) is 0.182. The molecule has 4 rings (SSSR count). The SMILES string of the molecule is COc1cc(C(C)C)c(Oc2cnc(C)nc2N)cc1S(N)(=O)=O.COc1cc(C(C)C)c(Oc2cnc(N)nc2N)cc1S(C)(=O)=O. The van der Waals surface area contributed by atoms with Gasteiger partial charge in [0.05, 0.1) is 26.6 Å². The van der Waals surface area contributed by atoms with Crippen molar-refractivity contribution >= 4 is 37.4 Å². The molecule has 4 aromatic rings. The Labute approximate surface area is 279 Å². The first-order valence-corrected chi connectivity index (χ1v) is 17.7. The van der Waals surface area contributed by atoms with E-state index in [-0.39, 0.29) is 62.2 Å². The molecule has 0 aliphatic rings. The normalized spacial score (nSPS) is 11.6. The number of sulfone groups is 1. The Morgan fingerprint density at radius 2 is 1.08 bits per heavy atom. The van der Waals surface area contributed by atoms with E-state index in [0.717, 1.165) is 17.4 Å². The number of methoxy groups -OCH3 is 2. The van der Waals surface area contributed by atoms with Crippen molar-refractivity contribution in [1.29, 1.82) is 0 Å². The second-order valence-corrected chi connectivity index (χ2v) is 14.6. The Morgan fingerprint density at radius 1 is 0.646 bits per heavy atom. The van der Waals surface area contributed by atoms with Crippen LogP contribution in [0.4, 0.5) is 17.6 Å². The maximum Gasteiger partial charge on any atom is 0.241 e. The van der Waals surface area contributed by atoms with Gasteiger partial charge in [-0.15, -0.1) is 0 Å². The lowest BCUT2D eigenvalue weighted by molar-refractivity contribution is 0.398. The number of aromatic nitrogens is 4. The van der Waals surface area contributed by atoms with Crippen LogP contribution < -0.4 is 41.3 Å². The second kappa shape index (κ2) is 14.9. The maximum absolute atomic E-state index is 12.0. The molecule has 260 valence electrons. The fourth-order valence-electron chi connectivity index (χ4n) is 4.29. The third-order valence-electron chi connectivity index (χ3n) is 6.69. The monoisotopic (exact) mass is 704 g/mol. The number of benzene rings is 2. The molecule has 0 bridgehead atoms. The number of primary sulfonamides is 1. The summed E-state index contributed by atoms with van der Waals surface area (Å²) in [7, 11) is -4.70. The summed E-state index contributed by atoms with van der Waals surface area (Å²) < 4.78 is 69.5. The summed E-state index contributed by atoms with van der Waals surface area (Å²) in [5, 5.41) is 5.26. The smallest absolute Gasteiger partial charge is 0.241 e. The van der Waals surface area contributed by atoms with Crippen molar-refractivity contribution < 1.29 is 35.8 Å². The van der Waals surface area contributed by atoms with Crippen LogP contribution in [0, 0.1) is 6.92 Å². The molecular weight excluding hydrogens is 665 g/mol. The number of nitrogens with zero attached hydrogens (tertiary/aromatic N) is 4. The van der Waals surface area contributed by atoms with Gasteiger partial charge in [0.15, 0.2) is 33.0 Å². The van der Waals surface area contributed by atoms with Gasteiger partial charge < -0.3 is 36.1 Å². The van der Waals surface area contributed by atoms with Gasteiger partial charge in [-0.2, -0.15) is 4.98 Å². The Morgan fingerprint density at radius 3 is 1.48 bits per heavy atom. The summed E-state index contributed by atoms with van der Waals surface area (Å²) in [5.41, 5.74) is 18.6. The van der Waals surface area contributed by atoms with Crippen molar-refractivity contribution in [1.82, 2.24) is 19.9 Å². The van der Waals surface area contributed by atoms with E-state index in [1.807, 2.05) is 27.7 Å². The van der Waals surface area contributed by atoms with Crippen LogP contribution in [0.3, 0.4) is 0 Å². The summed E-state index contributed by atoms with van der Waals surface area (Å²) in [4.78, 5) is 15.6. The number of aryl methyl sites for hydroxylation is 1. The number of rotatable bonds is 10. The van der Waals surface area contributed by atoms with E-state index in [0.29, 0.717) is 17.3 Å². The Kier molecular flexibility index (Phi) is 11.6. The molecule has 8 N–H and O–H groups in total. The Balaban J connectivity index is 0.000000260. The summed E-state index contributed by atoms with van der Waals surface area (Å²) in [6, 6.07) is 5.97. The van der Waals surface area contributed by atoms with Gasteiger partial charge >= 0.3 is 0 Å². The average Bonchev–Trinajstić information content (AvgIpc) is 2.98. The van der Waals surface area contributed by atoms with E-state index in [2.05, 4.69) is 19.9 Å². The topological polar surface area (TPSA) is 261 Å². The molecule has 0 saturated heterocycles. The lowest BCUT2D eigenvalue weighted by Gasteiger charge is -2.18. The van der Waals surface area contributed by atoms with Crippen LogP contribution in [0.2, 0.25) is 0 Å². The van der Waals surface area contributed by atoms with E-state index in [4.69, 9.17) is 41.3 Å². The number of hydrogen-bond donors (Lipinski definition) is 4. The van der Waals surface area contributed by atoms with Crippen molar-refractivity contribution in [3.8, 4) is 34.5 Å². The standard InChI is InChI=1S/2C15H20N4O4S/c1-8(2)9-5-11(22-3)13(24(4,20)21)6-10(9)23-12-7-18-15(17)19-14(12)16;1-8(2)10-5-12(22-4)14(24(17,20)21)6-11(10)23-13-7-18-9(3)19-15(13)16/h5-8H,1-4H3,(H4,16,17,18,19);5-8H,1-4H3,(H2,16,18,19)(H2,17,20,21). The molecule has 0 aliphatic carbocycles. The van der Waals surface area contributed by atoms with Crippen LogP contribution in [0.25, 0.3) is 0 Å². The lowest BCUT2D eigenvalue weighted by Crippen LogP contribution is -2.14. The first-order valence-electron chi connectivity index (χ1n) is 14.3. The molecule has 16 nitrogen and oxygen atoms in total. The van der Waals surface area contributed by atoms with Gasteiger partial charge in [0.25, 0.3) is 0 Å². The minimum absolute atomic E-state index is 0.0236. The molecule has 0 spiro atoms. The van der Waals surface area contributed by atoms with Gasteiger partial charge in [0.1, 0.15) is 38.6 Å². The molecule has 0 saturated carbocycles. The first-order chi connectivity index (χ1) is 22.3. The zero-order valence-corrected chi connectivity index (χ0v) is 29.4. The number of ether oxygens (including phenoxy) is 4. The fourth-order valence-corrected chi connectivity index (χ4v) is 5.82. The predicted molar refractivity (Wildman–Crippen MR) is 181 cm³/mol. The molecule has 2 aromatic carbocycles. The van der Waals surface area contributed by atoms with Crippen LogP contribution in [0.5, 0.6) is 34.5 Å². The summed E-state index contributed by atoms with van der Waals surface area (Å²) in [6.07, 6.45) is 3.87. The molecule has 0 fully saturated rings. The van der Waals surface area contributed by atoms with Crippen LogP contribution in [-0.4, -0.2) is 57.2 Å². The third kappa shape index (κ3) is 9.11. The van der Waals surface area contributed by atoms with Crippen molar-refractivity contribution in [3.05, 3.63) is 53.6 Å². The maximum atomic E-state index is 12.0.